The number of esters is 1. The van der Waals surface area contributed by atoms with Gasteiger partial charge >= 0.3 is 12.1 Å². The first kappa shape index (κ1) is 65.4. The number of nitrogen functional groups attached to an aromatic ring is 1. The van der Waals surface area contributed by atoms with Crippen molar-refractivity contribution < 1.29 is 78.1 Å². The number of piperidine rings is 1. The summed E-state index contributed by atoms with van der Waals surface area (Å²) in [7, 11) is -2.67. The number of likely N-dealkylation sites (tertiary alicyclic amines) is 1. The van der Waals surface area contributed by atoms with Crippen LogP contribution in [-0.4, -0.2) is 169 Å². The second-order valence-corrected chi connectivity index (χ2v) is 22.8. The molecule has 1 aliphatic rings. The molecule has 0 atom stereocenters. The lowest BCUT2D eigenvalue weighted by atomic mass is 9.97. The molecule has 1 saturated heterocycles. The van der Waals surface area contributed by atoms with E-state index < -0.39 is 88.1 Å². The Hall–Kier alpha value is -8.59. The van der Waals surface area contributed by atoms with Gasteiger partial charge in [0.25, 0.3) is 0 Å². The number of nitrogens with one attached hydrogen (secondary N) is 4. The number of alkyl halides is 3. The third-order valence-electron chi connectivity index (χ3n) is 13.7. The fourth-order valence-electron chi connectivity index (χ4n) is 9.46. The SMILES string of the molecule is CCCS(=O)(=O)Nc1cccc(-c2nc(C3CCN(C(=O)CCOCCOCCOCCNC(=O)CCC(=O)n4ncc5cc(F)c(-c6cccc7c6c(C(F)(F)F)nn7CC(=O)NCC(=O)NCC(=O)OC)cc54)CC3)sc2-c2ccnc(N)n2)c1F. The van der Waals surface area contributed by atoms with E-state index in [1.54, 1.807) is 24.0 Å². The Morgan fingerprint density at radius 3 is 2.20 bits per heavy atom. The number of halogens is 5. The molecule has 0 spiro atoms. The van der Waals surface area contributed by atoms with E-state index in [9.17, 15) is 50.4 Å². The fraction of sp³-hybridized carbons (Fsp3) is 0.411. The second kappa shape index (κ2) is 29.9. The Balaban J connectivity index is 0.724. The van der Waals surface area contributed by atoms with Crippen molar-refractivity contribution in [3.05, 3.63) is 89.3 Å². The zero-order valence-corrected chi connectivity index (χ0v) is 49.3. The monoisotopic (exact) mass is 1270 g/mol. The van der Waals surface area contributed by atoms with Crippen LogP contribution in [0.25, 0.3) is 54.8 Å². The summed E-state index contributed by atoms with van der Waals surface area (Å²) in [5, 5.41) is 15.1. The molecule has 0 radical (unpaired) electrons. The summed E-state index contributed by atoms with van der Waals surface area (Å²) in [4.78, 5) is 90.7. The molecule has 1 fully saturated rings. The molecule has 0 saturated carbocycles. The van der Waals surface area contributed by atoms with E-state index in [1.807, 2.05) is 0 Å². The van der Waals surface area contributed by atoms with Crippen LogP contribution in [0.4, 0.5) is 33.6 Å². The van der Waals surface area contributed by atoms with Crippen molar-refractivity contribution in [1.82, 2.24) is 55.4 Å². The van der Waals surface area contributed by atoms with E-state index in [2.05, 4.69) is 45.6 Å². The topological polar surface area (TPSA) is 325 Å². The molecule has 4 amide bonds. The van der Waals surface area contributed by atoms with Crippen LogP contribution in [0.1, 0.15) is 66.9 Å². The van der Waals surface area contributed by atoms with E-state index in [4.69, 9.17) is 24.9 Å². The molecule has 32 heteroatoms. The van der Waals surface area contributed by atoms with Gasteiger partial charge in [-0.25, -0.2) is 36.8 Å². The van der Waals surface area contributed by atoms with E-state index in [0.717, 1.165) is 28.6 Å². The standard InChI is InChI=1S/C56H62F5N13O12S2/c1-3-26-88(81,82)71-39-8-4-7-36(50(39)58)51-52(40-12-16-64-55(62)68-40)87-54(69-51)33-13-18-72(19-14-33)46(78)15-20-84-22-24-86-25-23-85-21-17-63-43(75)10-11-47(79)74-42-28-37(38(57)27-34(42)29-67-74)35-6-5-9-41-49(35)53(56(59,60)61)70-73(41)32-45(77)65-30-44(76)66-31-48(80)83-2/h4-9,12,16,27-29,33,71H,3,10-11,13-15,17-26,30-32H2,1-2H3,(H,63,75)(H,65,77)(H,66,76)(H2,62,64,68). The Morgan fingerprint density at radius 2 is 1.49 bits per heavy atom. The van der Waals surface area contributed by atoms with Crippen molar-refractivity contribution in [3.8, 4) is 33.0 Å². The number of carbonyl (C=O) groups excluding carboxylic acids is 6. The number of methoxy groups -OCH3 is 1. The first-order valence-corrected chi connectivity index (χ1v) is 30.2. The molecule has 0 aliphatic carbocycles. The Morgan fingerprint density at radius 1 is 0.784 bits per heavy atom. The number of hydrogen-bond acceptors (Lipinski definition) is 19. The summed E-state index contributed by atoms with van der Waals surface area (Å²) < 4.78 is 126. The van der Waals surface area contributed by atoms with Crippen LogP contribution in [0.15, 0.2) is 67.0 Å². The van der Waals surface area contributed by atoms with Crippen molar-refractivity contribution >= 4 is 90.3 Å². The molecule has 0 bridgehead atoms. The minimum atomic E-state index is -5.07. The van der Waals surface area contributed by atoms with Crippen molar-refractivity contribution in [1.29, 1.82) is 0 Å². The molecule has 88 heavy (non-hydrogen) atoms. The molecule has 5 heterocycles. The van der Waals surface area contributed by atoms with E-state index >= 15 is 8.78 Å². The Labute approximate surface area is 503 Å². The summed E-state index contributed by atoms with van der Waals surface area (Å²) in [6.45, 7) is 2.04. The maximum Gasteiger partial charge on any atom is 0.435 e. The molecule has 4 aromatic heterocycles. The number of amides is 4. The molecule has 7 aromatic rings. The number of thiazole rings is 1. The van der Waals surface area contributed by atoms with Crippen LogP contribution in [0.3, 0.4) is 0 Å². The van der Waals surface area contributed by atoms with Gasteiger partial charge in [0.2, 0.25) is 45.5 Å². The fourth-order valence-corrected chi connectivity index (χ4v) is 11.8. The molecule has 25 nitrogen and oxygen atoms in total. The molecule has 1 aliphatic heterocycles. The number of anilines is 2. The van der Waals surface area contributed by atoms with Crippen LogP contribution in [-0.2, 0) is 65.7 Å². The van der Waals surface area contributed by atoms with Gasteiger partial charge in [0.15, 0.2) is 11.5 Å². The van der Waals surface area contributed by atoms with Crippen LogP contribution in [0, 0.1) is 11.6 Å². The van der Waals surface area contributed by atoms with Gasteiger partial charge in [-0.2, -0.15) is 23.4 Å². The number of fused-ring (bicyclic) bond motifs is 2. The van der Waals surface area contributed by atoms with Crippen molar-refractivity contribution in [3.63, 3.8) is 0 Å². The van der Waals surface area contributed by atoms with Gasteiger partial charge in [-0.3, -0.25) is 38.2 Å². The van der Waals surface area contributed by atoms with Gasteiger partial charge in [0.1, 0.15) is 18.9 Å². The number of nitrogens with two attached hydrogens (primary N) is 1. The van der Waals surface area contributed by atoms with Gasteiger partial charge < -0.3 is 45.5 Å². The van der Waals surface area contributed by atoms with Crippen LogP contribution >= 0.6 is 11.3 Å². The highest BCUT2D eigenvalue weighted by molar-refractivity contribution is 7.92. The number of nitrogens with zero attached hydrogens (tertiary/aromatic N) is 8. The molecule has 470 valence electrons. The lowest BCUT2D eigenvalue weighted by Crippen LogP contribution is -2.40. The molecule has 3 aromatic carbocycles. The molecular formula is C56H62F5N13O12S2. The predicted molar refractivity (Wildman–Crippen MR) is 311 cm³/mol. The Bertz CT molecular complexity index is 3800. The highest BCUT2D eigenvalue weighted by atomic mass is 32.2. The number of rotatable bonds is 29. The lowest BCUT2D eigenvalue weighted by Gasteiger charge is -2.31. The zero-order valence-electron chi connectivity index (χ0n) is 47.6. The minimum Gasteiger partial charge on any atom is -0.468 e. The van der Waals surface area contributed by atoms with Crippen molar-refractivity contribution in [2.45, 2.75) is 64.1 Å². The van der Waals surface area contributed by atoms with Gasteiger partial charge in [-0.05, 0) is 61.2 Å². The van der Waals surface area contributed by atoms with Crippen LogP contribution in [0.2, 0.25) is 0 Å². The summed E-state index contributed by atoms with van der Waals surface area (Å²) >= 11 is 1.33. The molecule has 6 N–H and O–H groups in total. The van der Waals surface area contributed by atoms with E-state index in [0.29, 0.717) is 47.9 Å². The van der Waals surface area contributed by atoms with Gasteiger partial charge in [0, 0.05) is 66.5 Å². The predicted octanol–water partition coefficient (Wildman–Crippen LogP) is 5.45. The number of hydrogen-bond donors (Lipinski definition) is 5. The number of aromatic nitrogens is 7. The molecular weight excluding hydrogens is 1210 g/mol. The van der Waals surface area contributed by atoms with Gasteiger partial charge in [-0.15, -0.1) is 11.3 Å². The highest BCUT2D eigenvalue weighted by Gasteiger charge is 2.39. The first-order chi connectivity index (χ1) is 42.1. The number of carbonyl (C=O) groups is 6. The number of sulfonamides is 1. The molecule has 8 rings (SSSR count). The minimum absolute atomic E-state index is 0.0170. The number of ether oxygens (including phenoxy) is 4. The summed E-state index contributed by atoms with van der Waals surface area (Å²) in [5.41, 5.74) is 4.32. The van der Waals surface area contributed by atoms with E-state index in [-0.39, 0.29) is 133 Å². The quantitative estimate of drug-likeness (QED) is 0.0221. The van der Waals surface area contributed by atoms with Crippen LogP contribution < -0.4 is 26.4 Å². The maximum atomic E-state index is 16.0. The average Bonchev–Trinajstić information content (AvgIpc) is 3.97. The molecule has 0 unspecified atom stereocenters. The average molecular weight is 1270 g/mol. The van der Waals surface area contributed by atoms with Crippen molar-refractivity contribution in [2.75, 3.05) is 95.7 Å². The van der Waals surface area contributed by atoms with E-state index in [1.165, 1.54) is 54.1 Å². The summed E-state index contributed by atoms with van der Waals surface area (Å²) in [6.07, 6.45) is -1.31. The first-order valence-electron chi connectivity index (χ1n) is 27.7. The Kier molecular flexibility index (Phi) is 22.2. The van der Waals surface area contributed by atoms with Gasteiger partial charge in [-0.1, -0.05) is 25.1 Å². The largest absolute Gasteiger partial charge is 0.468 e. The second-order valence-electron chi connectivity index (χ2n) is 19.9. The smallest absolute Gasteiger partial charge is 0.435 e. The van der Waals surface area contributed by atoms with Gasteiger partial charge in [0.05, 0.1) is 110 Å². The lowest BCUT2D eigenvalue weighted by molar-refractivity contribution is -0.141. The van der Waals surface area contributed by atoms with Crippen molar-refractivity contribution in [2.24, 2.45) is 0 Å². The third-order valence-corrected chi connectivity index (χ3v) is 16.4. The zero-order chi connectivity index (χ0) is 63.1. The highest BCUT2D eigenvalue weighted by Crippen LogP contribution is 2.44. The normalized spacial score (nSPS) is 13.0. The van der Waals surface area contributed by atoms with Crippen LogP contribution in [0.5, 0.6) is 0 Å². The maximum absolute atomic E-state index is 16.0. The number of benzene rings is 3. The summed E-state index contributed by atoms with van der Waals surface area (Å²) in [5.74, 6) is -5.59. The summed E-state index contributed by atoms with van der Waals surface area (Å²) in [6, 6.07) is 12.0. The third kappa shape index (κ3) is 16.9.